The fourth-order valence-corrected chi connectivity index (χ4v) is 2.18. The van der Waals surface area contributed by atoms with Crippen molar-refractivity contribution in [2.24, 2.45) is 12.9 Å². The van der Waals surface area contributed by atoms with Gasteiger partial charge in [-0.2, -0.15) is 5.10 Å². The van der Waals surface area contributed by atoms with E-state index in [9.17, 15) is 0 Å². The van der Waals surface area contributed by atoms with Gasteiger partial charge in [0.05, 0.1) is 0 Å². The Morgan fingerprint density at radius 2 is 2.21 bits per heavy atom. The predicted molar refractivity (Wildman–Crippen MR) is 71.1 cm³/mol. The summed E-state index contributed by atoms with van der Waals surface area (Å²) in [5.74, 6) is 7.05. The lowest BCUT2D eigenvalue weighted by Gasteiger charge is -2.11. The zero-order valence-electron chi connectivity index (χ0n) is 10.8. The highest BCUT2D eigenvalue weighted by atomic mass is 16.3. The Labute approximate surface area is 110 Å². The summed E-state index contributed by atoms with van der Waals surface area (Å²) >= 11 is 0. The molecular weight excluding hydrogens is 242 g/mol. The standard InChI is InChI=1S/C13H15N5O/c1-8-3-4-10-9(5-8)6-11(19-10)12(17-14)13-15-7-16-18(13)2/h3-7,12,17H,14H2,1-2H3. The molecule has 0 amide bonds. The molecule has 6 nitrogen and oxygen atoms in total. The second-order valence-corrected chi connectivity index (χ2v) is 4.53. The Bertz CT molecular complexity index is 715. The minimum Gasteiger partial charge on any atom is -0.459 e. The lowest BCUT2D eigenvalue weighted by Crippen LogP contribution is -2.30. The van der Waals surface area contributed by atoms with Crippen molar-refractivity contribution in [3.8, 4) is 0 Å². The van der Waals surface area contributed by atoms with Gasteiger partial charge in [-0.05, 0) is 25.1 Å². The van der Waals surface area contributed by atoms with Crippen LogP contribution in [0.3, 0.4) is 0 Å². The molecule has 1 aromatic carbocycles. The summed E-state index contributed by atoms with van der Waals surface area (Å²) in [7, 11) is 1.82. The monoisotopic (exact) mass is 257 g/mol. The van der Waals surface area contributed by atoms with E-state index in [4.69, 9.17) is 10.3 Å². The Balaban J connectivity index is 2.09. The number of hydrazine groups is 1. The highest BCUT2D eigenvalue weighted by Crippen LogP contribution is 2.27. The van der Waals surface area contributed by atoms with Gasteiger partial charge < -0.3 is 4.42 Å². The van der Waals surface area contributed by atoms with Gasteiger partial charge in [0.1, 0.15) is 23.7 Å². The maximum Gasteiger partial charge on any atom is 0.152 e. The van der Waals surface area contributed by atoms with E-state index in [0.717, 1.165) is 16.7 Å². The zero-order chi connectivity index (χ0) is 13.4. The zero-order valence-corrected chi connectivity index (χ0v) is 10.8. The molecule has 3 aromatic rings. The van der Waals surface area contributed by atoms with Crippen molar-refractivity contribution in [1.29, 1.82) is 0 Å². The number of hydrogen-bond acceptors (Lipinski definition) is 5. The molecule has 0 fully saturated rings. The first-order chi connectivity index (χ1) is 9.19. The van der Waals surface area contributed by atoms with Crippen LogP contribution < -0.4 is 11.3 Å². The van der Waals surface area contributed by atoms with Crippen molar-refractivity contribution in [2.45, 2.75) is 13.0 Å². The average molecular weight is 257 g/mol. The Hall–Kier alpha value is -2.18. The van der Waals surface area contributed by atoms with Gasteiger partial charge in [0, 0.05) is 12.4 Å². The molecule has 1 unspecified atom stereocenters. The van der Waals surface area contributed by atoms with Gasteiger partial charge in [-0.25, -0.2) is 10.4 Å². The Morgan fingerprint density at radius 3 is 2.89 bits per heavy atom. The van der Waals surface area contributed by atoms with Crippen LogP contribution in [-0.4, -0.2) is 14.8 Å². The van der Waals surface area contributed by atoms with Crippen LogP contribution in [0, 0.1) is 6.92 Å². The first-order valence-corrected chi connectivity index (χ1v) is 5.99. The van der Waals surface area contributed by atoms with Gasteiger partial charge in [0.2, 0.25) is 0 Å². The lowest BCUT2D eigenvalue weighted by atomic mass is 10.1. The molecule has 3 rings (SSSR count). The van der Waals surface area contributed by atoms with Gasteiger partial charge in [-0.3, -0.25) is 10.5 Å². The first kappa shape index (κ1) is 11.9. The highest BCUT2D eigenvalue weighted by molar-refractivity contribution is 5.78. The SMILES string of the molecule is Cc1ccc2oc(C(NN)c3ncnn3C)cc2c1. The van der Waals surface area contributed by atoms with Crippen molar-refractivity contribution in [3.05, 3.63) is 47.7 Å². The second kappa shape index (κ2) is 4.49. The summed E-state index contributed by atoms with van der Waals surface area (Å²) in [6.45, 7) is 2.05. The van der Waals surface area contributed by atoms with E-state index in [1.807, 2.05) is 32.2 Å². The van der Waals surface area contributed by atoms with Gasteiger partial charge in [-0.15, -0.1) is 0 Å². The fourth-order valence-electron chi connectivity index (χ4n) is 2.18. The average Bonchev–Trinajstić information content (AvgIpc) is 2.97. The Kier molecular flexibility index (Phi) is 2.81. The van der Waals surface area contributed by atoms with Crippen LogP contribution in [0.2, 0.25) is 0 Å². The molecule has 0 saturated carbocycles. The van der Waals surface area contributed by atoms with Crippen LogP contribution in [0.1, 0.15) is 23.2 Å². The molecule has 0 aliphatic heterocycles. The van der Waals surface area contributed by atoms with Gasteiger partial charge in [-0.1, -0.05) is 11.6 Å². The van der Waals surface area contributed by atoms with E-state index in [0.29, 0.717) is 5.82 Å². The van der Waals surface area contributed by atoms with Crippen LogP contribution >= 0.6 is 0 Å². The van der Waals surface area contributed by atoms with E-state index in [1.165, 1.54) is 11.9 Å². The van der Waals surface area contributed by atoms with Crippen molar-refractivity contribution >= 4 is 11.0 Å². The third-order valence-electron chi connectivity index (χ3n) is 3.15. The number of aryl methyl sites for hydroxylation is 2. The quantitative estimate of drug-likeness (QED) is 0.548. The number of rotatable bonds is 3. The first-order valence-electron chi connectivity index (χ1n) is 5.99. The van der Waals surface area contributed by atoms with E-state index >= 15 is 0 Å². The summed E-state index contributed by atoms with van der Waals surface area (Å²) < 4.78 is 7.50. The molecule has 1 atom stereocenters. The fraction of sp³-hybridized carbons (Fsp3) is 0.231. The number of fused-ring (bicyclic) bond motifs is 1. The van der Waals surface area contributed by atoms with Crippen LogP contribution in [0.25, 0.3) is 11.0 Å². The molecule has 3 N–H and O–H groups in total. The van der Waals surface area contributed by atoms with Gasteiger partial charge in [0.25, 0.3) is 0 Å². The topological polar surface area (TPSA) is 81.9 Å². The van der Waals surface area contributed by atoms with Gasteiger partial charge in [0.15, 0.2) is 5.82 Å². The van der Waals surface area contributed by atoms with Crippen molar-refractivity contribution in [3.63, 3.8) is 0 Å². The normalized spacial score (nSPS) is 13.0. The molecule has 0 bridgehead atoms. The molecule has 2 aromatic heterocycles. The largest absolute Gasteiger partial charge is 0.459 e. The number of nitrogens with two attached hydrogens (primary N) is 1. The number of benzene rings is 1. The lowest BCUT2D eigenvalue weighted by molar-refractivity contribution is 0.452. The summed E-state index contributed by atoms with van der Waals surface area (Å²) in [5.41, 5.74) is 4.75. The maximum absolute atomic E-state index is 5.83. The van der Waals surface area contributed by atoms with E-state index in [2.05, 4.69) is 21.6 Å². The number of furan rings is 1. The molecule has 6 heteroatoms. The number of aromatic nitrogens is 3. The molecule has 0 saturated heterocycles. The van der Waals surface area contributed by atoms with E-state index < -0.39 is 0 Å². The summed E-state index contributed by atoms with van der Waals surface area (Å²) in [6, 6.07) is 7.70. The number of nitrogens with zero attached hydrogens (tertiary/aromatic N) is 3. The van der Waals surface area contributed by atoms with Crippen LogP contribution in [-0.2, 0) is 7.05 Å². The molecule has 0 aliphatic carbocycles. The highest BCUT2D eigenvalue weighted by Gasteiger charge is 2.21. The van der Waals surface area contributed by atoms with E-state index in [1.54, 1.807) is 4.68 Å². The minimum absolute atomic E-state index is 0.319. The third-order valence-corrected chi connectivity index (χ3v) is 3.15. The van der Waals surface area contributed by atoms with Crippen molar-refractivity contribution in [2.75, 3.05) is 0 Å². The second-order valence-electron chi connectivity index (χ2n) is 4.53. The van der Waals surface area contributed by atoms with Crippen LogP contribution in [0.5, 0.6) is 0 Å². The summed E-state index contributed by atoms with van der Waals surface area (Å²) in [4.78, 5) is 4.20. The maximum atomic E-state index is 5.83. The third kappa shape index (κ3) is 2.00. The molecule has 0 radical (unpaired) electrons. The molecule has 98 valence electrons. The van der Waals surface area contributed by atoms with Gasteiger partial charge >= 0.3 is 0 Å². The number of nitrogens with one attached hydrogen (secondary N) is 1. The summed E-state index contributed by atoms with van der Waals surface area (Å²) in [6.07, 6.45) is 1.49. The molecule has 2 heterocycles. The molecule has 0 spiro atoms. The smallest absolute Gasteiger partial charge is 0.152 e. The molecule has 19 heavy (non-hydrogen) atoms. The summed E-state index contributed by atoms with van der Waals surface area (Å²) in [5, 5.41) is 5.10. The molecule has 0 aliphatic rings. The minimum atomic E-state index is -0.319. The van der Waals surface area contributed by atoms with Crippen LogP contribution in [0.4, 0.5) is 0 Å². The van der Waals surface area contributed by atoms with Crippen molar-refractivity contribution < 1.29 is 4.42 Å². The predicted octanol–water partition coefficient (Wildman–Crippen LogP) is 1.42. The van der Waals surface area contributed by atoms with Crippen LogP contribution in [0.15, 0.2) is 35.0 Å². The Morgan fingerprint density at radius 1 is 1.37 bits per heavy atom. The van der Waals surface area contributed by atoms with Crippen molar-refractivity contribution in [1.82, 2.24) is 20.2 Å². The molecular formula is C13H15N5O. The number of hydrogen-bond donors (Lipinski definition) is 2. The van der Waals surface area contributed by atoms with E-state index in [-0.39, 0.29) is 6.04 Å².